The van der Waals surface area contributed by atoms with Gasteiger partial charge in [0.25, 0.3) is 0 Å². The van der Waals surface area contributed by atoms with Crippen LogP contribution in [0.5, 0.6) is 5.75 Å². The van der Waals surface area contributed by atoms with Crippen molar-refractivity contribution >= 4 is 11.7 Å². The molecule has 4 nitrogen and oxygen atoms in total. The SMILES string of the molecule is CCCC(C)C(=O)Nc1ncccc1O. The molecule has 0 aliphatic rings. The summed E-state index contributed by atoms with van der Waals surface area (Å²) >= 11 is 0. The Labute approximate surface area is 89.3 Å². The molecular formula is C11H16N2O2. The highest BCUT2D eigenvalue weighted by molar-refractivity contribution is 5.92. The fourth-order valence-electron chi connectivity index (χ4n) is 1.30. The number of pyridine rings is 1. The van der Waals surface area contributed by atoms with Crippen LogP contribution in [0.2, 0.25) is 0 Å². The maximum absolute atomic E-state index is 11.6. The molecule has 1 aromatic heterocycles. The van der Waals surface area contributed by atoms with Gasteiger partial charge in [-0.1, -0.05) is 20.3 Å². The van der Waals surface area contributed by atoms with Crippen LogP contribution in [0.25, 0.3) is 0 Å². The average molecular weight is 208 g/mol. The largest absolute Gasteiger partial charge is 0.504 e. The first-order chi connectivity index (χ1) is 7.15. The molecule has 1 atom stereocenters. The summed E-state index contributed by atoms with van der Waals surface area (Å²) in [4.78, 5) is 15.5. The lowest BCUT2D eigenvalue weighted by Crippen LogP contribution is -2.20. The zero-order chi connectivity index (χ0) is 11.3. The third-order valence-electron chi connectivity index (χ3n) is 2.20. The van der Waals surface area contributed by atoms with E-state index in [1.165, 1.54) is 12.3 Å². The van der Waals surface area contributed by atoms with Crippen LogP contribution in [0.4, 0.5) is 5.82 Å². The van der Waals surface area contributed by atoms with Gasteiger partial charge in [0.15, 0.2) is 11.6 Å². The summed E-state index contributed by atoms with van der Waals surface area (Å²) in [5.74, 6) is 0.0576. The first-order valence-electron chi connectivity index (χ1n) is 5.10. The van der Waals surface area contributed by atoms with Crippen molar-refractivity contribution in [1.82, 2.24) is 4.98 Å². The lowest BCUT2D eigenvalue weighted by Gasteiger charge is -2.10. The average Bonchev–Trinajstić information content (AvgIpc) is 2.21. The van der Waals surface area contributed by atoms with E-state index in [1.807, 2.05) is 13.8 Å². The van der Waals surface area contributed by atoms with Gasteiger partial charge in [-0.05, 0) is 18.6 Å². The topological polar surface area (TPSA) is 62.2 Å². The Bertz CT molecular complexity index is 339. The molecule has 0 aliphatic carbocycles. The summed E-state index contributed by atoms with van der Waals surface area (Å²) in [6, 6.07) is 3.10. The summed E-state index contributed by atoms with van der Waals surface area (Å²) < 4.78 is 0. The Morgan fingerprint density at radius 2 is 2.40 bits per heavy atom. The second-order valence-corrected chi connectivity index (χ2v) is 3.55. The van der Waals surface area contributed by atoms with Gasteiger partial charge >= 0.3 is 0 Å². The molecule has 0 radical (unpaired) electrons. The minimum absolute atomic E-state index is 0.00505. The first-order valence-corrected chi connectivity index (χ1v) is 5.10. The van der Waals surface area contributed by atoms with Crippen LogP contribution in [-0.2, 0) is 4.79 Å². The Balaban J connectivity index is 2.62. The van der Waals surface area contributed by atoms with Crippen molar-refractivity contribution in [2.24, 2.45) is 5.92 Å². The number of amides is 1. The molecule has 1 heterocycles. The molecule has 0 bridgehead atoms. The van der Waals surface area contributed by atoms with E-state index in [2.05, 4.69) is 10.3 Å². The number of anilines is 1. The van der Waals surface area contributed by atoms with E-state index in [4.69, 9.17) is 0 Å². The first kappa shape index (κ1) is 11.5. The van der Waals surface area contributed by atoms with Crippen LogP contribution in [0.3, 0.4) is 0 Å². The van der Waals surface area contributed by atoms with Gasteiger partial charge in [-0.15, -0.1) is 0 Å². The number of hydrogen-bond donors (Lipinski definition) is 2. The van der Waals surface area contributed by atoms with Gasteiger partial charge in [0.05, 0.1) is 0 Å². The van der Waals surface area contributed by atoms with Gasteiger partial charge in [0.2, 0.25) is 5.91 Å². The molecule has 1 unspecified atom stereocenters. The van der Waals surface area contributed by atoms with E-state index in [9.17, 15) is 9.90 Å². The number of aromatic hydroxyl groups is 1. The Morgan fingerprint density at radius 3 is 3.00 bits per heavy atom. The van der Waals surface area contributed by atoms with Crippen LogP contribution in [0, 0.1) is 5.92 Å². The zero-order valence-electron chi connectivity index (χ0n) is 9.03. The second kappa shape index (κ2) is 5.34. The highest BCUT2D eigenvalue weighted by Gasteiger charge is 2.13. The van der Waals surface area contributed by atoms with Crippen molar-refractivity contribution in [3.8, 4) is 5.75 Å². The van der Waals surface area contributed by atoms with Gasteiger partial charge in [-0.3, -0.25) is 4.79 Å². The van der Waals surface area contributed by atoms with Crippen LogP contribution in [0.15, 0.2) is 18.3 Å². The fourth-order valence-corrected chi connectivity index (χ4v) is 1.30. The van der Waals surface area contributed by atoms with Crippen molar-refractivity contribution in [3.63, 3.8) is 0 Å². The lowest BCUT2D eigenvalue weighted by atomic mass is 10.1. The monoisotopic (exact) mass is 208 g/mol. The normalized spacial score (nSPS) is 12.1. The number of carbonyl (C=O) groups excluding carboxylic acids is 1. The summed E-state index contributed by atoms with van der Waals surface area (Å²) in [6.07, 6.45) is 3.32. The quantitative estimate of drug-likeness (QED) is 0.797. The van der Waals surface area contributed by atoms with E-state index in [1.54, 1.807) is 6.07 Å². The summed E-state index contributed by atoms with van der Waals surface area (Å²) in [5, 5.41) is 12.0. The smallest absolute Gasteiger partial charge is 0.228 e. The molecule has 1 rings (SSSR count). The highest BCUT2D eigenvalue weighted by atomic mass is 16.3. The molecule has 15 heavy (non-hydrogen) atoms. The molecule has 0 aliphatic heterocycles. The van der Waals surface area contributed by atoms with E-state index in [0.717, 1.165) is 12.8 Å². The maximum atomic E-state index is 11.6. The van der Waals surface area contributed by atoms with Crippen molar-refractivity contribution in [2.45, 2.75) is 26.7 Å². The minimum Gasteiger partial charge on any atom is -0.504 e. The van der Waals surface area contributed by atoms with E-state index < -0.39 is 0 Å². The summed E-state index contributed by atoms with van der Waals surface area (Å²) in [7, 11) is 0. The van der Waals surface area contributed by atoms with Gasteiger partial charge in [0.1, 0.15) is 0 Å². The number of hydrogen-bond acceptors (Lipinski definition) is 3. The minimum atomic E-state index is -0.106. The Morgan fingerprint density at radius 1 is 1.67 bits per heavy atom. The van der Waals surface area contributed by atoms with Crippen LogP contribution < -0.4 is 5.32 Å². The summed E-state index contributed by atoms with van der Waals surface area (Å²) in [6.45, 7) is 3.89. The molecular weight excluding hydrogens is 192 g/mol. The molecule has 0 spiro atoms. The highest BCUT2D eigenvalue weighted by Crippen LogP contribution is 2.19. The molecule has 0 saturated carbocycles. The van der Waals surface area contributed by atoms with Gasteiger partial charge in [0, 0.05) is 12.1 Å². The number of nitrogens with zero attached hydrogens (tertiary/aromatic N) is 1. The third kappa shape index (κ3) is 3.23. The fraction of sp³-hybridized carbons (Fsp3) is 0.455. The van der Waals surface area contributed by atoms with Crippen LogP contribution in [0.1, 0.15) is 26.7 Å². The Hall–Kier alpha value is -1.58. The molecule has 0 fully saturated rings. The van der Waals surface area contributed by atoms with E-state index in [0.29, 0.717) is 0 Å². The third-order valence-corrected chi connectivity index (χ3v) is 2.20. The van der Waals surface area contributed by atoms with Crippen LogP contribution >= 0.6 is 0 Å². The van der Waals surface area contributed by atoms with Crippen molar-refractivity contribution in [3.05, 3.63) is 18.3 Å². The van der Waals surface area contributed by atoms with Crippen molar-refractivity contribution in [1.29, 1.82) is 0 Å². The van der Waals surface area contributed by atoms with E-state index in [-0.39, 0.29) is 23.4 Å². The molecule has 1 aromatic rings. The van der Waals surface area contributed by atoms with Crippen molar-refractivity contribution in [2.75, 3.05) is 5.32 Å². The van der Waals surface area contributed by atoms with Gasteiger partial charge in [-0.25, -0.2) is 4.98 Å². The number of carbonyl (C=O) groups is 1. The van der Waals surface area contributed by atoms with Gasteiger partial charge in [-0.2, -0.15) is 0 Å². The number of aromatic nitrogens is 1. The maximum Gasteiger partial charge on any atom is 0.228 e. The number of rotatable bonds is 4. The predicted molar refractivity (Wildman–Crippen MR) is 58.6 cm³/mol. The number of nitrogens with one attached hydrogen (secondary N) is 1. The van der Waals surface area contributed by atoms with Crippen LogP contribution in [-0.4, -0.2) is 16.0 Å². The molecule has 1 amide bonds. The van der Waals surface area contributed by atoms with Gasteiger partial charge < -0.3 is 10.4 Å². The second-order valence-electron chi connectivity index (χ2n) is 3.55. The Kier molecular flexibility index (Phi) is 4.09. The molecule has 4 heteroatoms. The molecule has 0 saturated heterocycles. The summed E-state index contributed by atoms with van der Waals surface area (Å²) in [5.41, 5.74) is 0. The molecule has 2 N–H and O–H groups in total. The lowest BCUT2D eigenvalue weighted by molar-refractivity contribution is -0.119. The standard InChI is InChI=1S/C11H16N2O2/c1-3-5-8(2)11(15)13-10-9(14)6-4-7-12-10/h4,6-8,14H,3,5H2,1-2H3,(H,12,13,15). The zero-order valence-corrected chi connectivity index (χ0v) is 9.03. The molecule has 0 aromatic carbocycles. The molecule has 82 valence electrons. The van der Waals surface area contributed by atoms with Crippen molar-refractivity contribution < 1.29 is 9.90 Å². The van der Waals surface area contributed by atoms with E-state index >= 15 is 0 Å². The predicted octanol–water partition coefficient (Wildman–Crippen LogP) is 2.16.